The van der Waals surface area contributed by atoms with E-state index in [0.29, 0.717) is 16.7 Å². The van der Waals surface area contributed by atoms with Crippen LogP contribution in [-0.2, 0) is 6.54 Å². The number of rotatable bonds is 4. The third-order valence-corrected chi connectivity index (χ3v) is 3.81. The van der Waals surface area contributed by atoms with Crippen molar-refractivity contribution in [3.63, 3.8) is 0 Å². The van der Waals surface area contributed by atoms with Crippen LogP contribution >= 0.6 is 0 Å². The number of hydrogen-bond acceptors (Lipinski definition) is 3. The van der Waals surface area contributed by atoms with E-state index in [1.807, 2.05) is 24.3 Å². The number of nitrogens with zero attached hydrogens (tertiary/aromatic N) is 2. The second-order valence-electron chi connectivity index (χ2n) is 5.35. The molecule has 0 aromatic heterocycles. The van der Waals surface area contributed by atoms with Gasteiger partial charge in [-0.25, -0.2) is 0 Å². The summed E-state index contributed by atoms with van der Waals surface area (Å²) in [5.74, 6) is -0.105. The van der Waals surface area contributed by atoms with Crippen molar-refractivity contribution < 1.29 is 4.79 Å². The predicted molar refractivity (Wildman–Crippen MR) is 85.4 cm³/mol. The minimum atomic E-state index is -0.105. The summed E-state index contributed by atoms with van der Waals surface area (Å²) in [7, 11) is 0. The van der Waals surface area contributed by atoms with Gasteiger partial charge in [-0.1, -0.05) is 48.6 Å². The Hall–Kier alpha value is -2.70. The second kappa shape index (κ2) is 6.38. The normalized spacial score (nSPS) is 14.0. The zero-order valence-electron chi connectivity index (χ0n) is 12.2. The molecule has 0 unspecified atom stereocenters. The molecule has 0 bridgehead atoms. The molecule has 0 fully saturated rings. The number of carbonyl (C=O) groups excluding carboxylic acids is 1. The molecule has 0 atom stereocenters. The van der Waals surface area contributed by atoms with Crippen LogP contribution in [0.15, 0.2) is 60.7 Å². The molecule has 0 saturated carbocycles. The molecule has 1 aliphatic heterocycles. The first-order valence-corrected chi connectivity index (χ1v) is 7.28. The molecule has 2 aromatic rings. The van der Waals surface area contributed by atoms with Gasteiger partial charge < -0.3 is 0 Å². The van der Waals surface area contributed by atoms with Gasteiger partial charge >= 0.3 is 0 Å². The first-order chi connectivity index (χ1) is 10.8. The minimum absolute atomic E-state index is 0.105. The van der Waals surface area contributed by atoms with Gasteiger partial charge in [-0.15, -0.1) is 0 Å². The maximum absolute atomic E-state index is 12.5. The van der Waals surface area contributed by atoms with Gasteiger partial charge in [0.2, 0.25) is 0 Å². The summed E-state index contributed by atoms with van der Waals surface area (Å²) in [5, 5.41) is 9.10. The first-order valence-electron chi connectivity index (χ1n) is 7.28. The maximum atomic E-state index is 12.5. The fraction of sp³-hybridized carbons (Fsp3) is 0.158. The molecule has 1 heterocycles. The maximum Gasteiger partial charge on any atom is 0.194 e. The molecule has 3 nitrogen and oxygen atoms in total. The molecule has 0 saturated heterocycles. The van der Waals surface area contributed by atoms with Crippen LogP contribution in [0.4, 0.5) is 0 Å². The van der Waals surface area contributed by atoms with Gasteiger partial charge in [0, 0.05) is 30.8 Å². The smallest absolute Gasteiger partial charge is 0.194 e. The average molecular weight is 288 g/mol. The van der Waals surface area contributed by atoms with Crippen molar-refractivity contribution in [3.8, 4) is 6.07 Å². The van der Waals surface area contributed by atoms with Crippen LogP contribution in [0.1, 0.15) is 27.0 Å². The van der Waals surface area contributed by atoms with Gasteiger partial charge in [0.05, 0.1) is 11.6 Å². The lowest BCUT2D eigenvalue weighted by Crippen LogP contribution is -2.19. The van der Waals surface area contributed by atoms with Gasteiger partial charge in [0.15, 0.2) is 5.78 Å². The monoisotopic (exact) mass is 288 g/mol. The SMILES string of the molecule is N#Cc1ccccc1C(=O)c1ccc(CN2CC=CC2)cc1. The first kappa shape index (κ1) is 14.2. The summed E-state index contributed by atoms with van der Waals surface area (Å²) in [4.78, 5) is 14.8. The predicted octanol–water partition coefficient (Wildman–Crippen LogP) is 3.16. The van der Waals surface area contributed by atoms with Gasteiger partial charge in [0.1, 0.15) is 0 Å². The highest BCUT2D eigenvalue weighted by molar-refractivity contribution is 6.10. The van der Waals surface area contributed by atoms with E-state index in [0.717, 1.165) is 19.6 Å². The Morgan fingerprint density at radius 3 is 2.41 bits per heavy atom. The third kappa shape index (κ3) is 2.98. The van der Waals surface area contributed by atoms with Crippen molar-refractivity contribution in [1.82, 2.24) is 4.90 Å². The van der Waals surface area contributed by atoms with E-state index in [2.05, 4.69) is 23.1 Å². The van der Waals surface area contributed by atoms with Crippen molar-refractivity contribution in [3.05, 3.63) is 82.9 Å². The molecule has 0 spiro atoms. The lowest BCUT2D eigenvalue weighted by molar-refractivity contribution is 0.103. The summed E-state index contributed by atoms with van der Waals surface area (Å²) in [5.41, 5.74) is 2.68. The van der Waals surface area contributed by atoms with E-state index in [1.54, 1.807) is 24.3 Å². The molecule has 0 aliphatic carbocycles. The van der Waals surface area contributed by atoms with Crippen LogP contribution in [0.25, 0.3) is 0 Å². The number of benzene rings is 2. The molecule has 0 amide bonds. The summed E-state index contributed by atoms with van der Waals surface area (Å²) >= 11 is 0. The van der Waals surface area contributed by atoms with Gasteiger partial charge in [-0.2, -0.15) is 5.26 Å². The number of carbonyl (C=O) groups is 1. The standard InChI is InChI=1S/C19H16N2O/c20-13-17-5-1-2-6-18(17)19(22)16-9-7-15(8-10-16)14-21-11-3-4-12-21/h1-10H,11-12,14H2. The summed E-state index contributed by atoms with van der Waals surface area (Å²) in [6.45, 7) is 2.85. The highest BCUT2D eigenvalue weighted by atomic mass is 16.1. The molecule has 108 valence electrons. The fourth-order valence-electron chi connectivity index (χ4n) is 2.60. The molecular formula is C19H16N2O. The van der Waals surface area contributed by atoms with Crippen LogP contribution < -0.4 is 0 Å². The minimum Gasteiger partial charge on any atom is -0.292 e. The summed E-state index contributed by atoms with van der Waals surface area (Å²) < 4.78 is 0. The van der Waals surface area contributed by atoms with E-state index < -0.39 is 0 Å². The lowest BCUT2D eigenvalue weighted by Gasteiger charge is -2.14. The molecule has 3 rings (SSSR count). The molecular weight excluding hydrogens is 272 g/mol. The van der Waals surface area contributed by atoms with Crippen molar-refractivity contribution in [2.45, 2.75) is 6.54 Å². The topological polar surface area (TPSA) is 44.1 Å². The molecule has 1 aliphatic rings. The Bertz CT molecular complexity index is 746. The zero-order valence-corrected chi connectivity index (χ0v) is 12.2. The van der Waals surface area contributed by atoms with Gasteiger partial charge in [-0.05, 0) is 17.7 Å². The van der Waals surface area contributed by atoms with Crippen LogP contribution in [0.3, 0.4) is 0 Å². The Morgan fingerprint density at radius 1 is 1.05 bits per heavy atom. The van der Waals surface area contributed by atoms with Crippen molar-refractivity contribution in [2.75, 3.05) is 13.1 Å². The lowest BCUT2D eigenvalue weighted by atomic mass is 9.98. The van der Waals surface area contributed by atoms with Crippen LogP contribution in [0.5, 0.6) is 0 Å². The molecule has 22 heavy (non-hydrogen) atoms. The number of nitriles is 1. The van der Waals surface area contributed by atoms with E-state index in [9.17, 15) is 4.79 Å². The average Bonchev–Trinajstić information content (AvgIpc) is 3.08. The molecule has 0 radical (unpaired) electrons. The van der Waals surface area contributed by atoms with E-state index in [-0.39, 0.29) is 5.78 Å². The Balaban J connectivity index is 1.77. The van der Waals surface area contributed by atoms with E-state index >= 15 is 0 Å². The number of ketones is 1. The highest BCUT2D eigenvalue weighted by Gasteiger charge is 2.13. The van der Waals surface area contributed by atoms with E-state index in [4.69, 9.17) is 5.26 Å². The van der Waals surface area contributed by atoms with Gasteiger partial charge in [-0.3, -0.25) is 9.69 Å². The molecule has 0 N–H and O–H groups in total. The van der Waals surface area contributed by atoms with Crippen LogP contribution in [0, 0.1) is 11.3 Å². The zero-order chi connectivity index (χ0) is 15.4. The van der Waals surface area contributed by atoms with Crippen LogP contribution in [-0.4, -0.2) is 23.8 Å². The van der Waals surface area contributed by atoms with E-state index in [1.165, 1.54) is 5.56 Å². The van der Waals surface area contributed by atoms with Crippen molar-refractivity contribution >= 4 is 5.78 Å². The summed E-state index contributed by atoms with van der Waals surface area (Å²) in [6, 6.07) is 16.6. The Morgan fingerprint density at radius 2 is 1.73 bits per heavy atom. The summed E-state index contributed by atoms with van der Waals surface area (Å²) in [6.07, 6.45) is 4.33. The second-order valence-corrected chi connectivity index (χ2v) is 5.35. The van der Waals surface area contributed by atoms with Crippen LogP contribution in [0.2, 0.25) is 0 Å². The van der Waals surface area contributed by atoms with Crippen molar-refractivity contribution in [1.29, 1.82) is 5.26 Å². The van der Waals surface area contributed by atoms with Gasteiger partial charge in [0.25, 0.3) is 0 Å². The third-order valence-electron chi connectivity index (χ3n) is 3.81. The highest BCUT2D eigenvalue weighted by Crippen LogP contribution is 2.16. The fourth-order valence-corrected chi connectivity index (χ4v) is 2.60. The Kier molecular flexibility index (Phi) is 4.13. The largest absolute Gasteiger partial charge is 0.292 e. The quantitative estimate of drug-likeness (QED) is 0.641. The van der Waals surface area contributed by atoms with Crippen molar-refractivity contribution in [2.24, 2.45) is 0 Å². The molecule has 2 aromatic carbocycles. The number of hydrogen-bond donors (Lipinski definition) is 0. The molecule has 3 heteroatoms. The Labute approximate surface area is 130 Å².